The summed E-state index contributed by atoms with van der Waals surface area (Å²) in [6.45, 7) is 2.90. The van der Waals surface area contributed by atoms with Gasteiger partial charge in [0.1, 0.15) is 6.10 Å². The van der Waals surface area contributed by atoms with Crippen LogP contribution >= 0.6 is 0 Å². The minimum atomic E-state index is -0.232. The number of amides is 1. The molecule has 1 aromatic heterocycles. The van der Waals surface area contributed by atoms with Crippen LogP contribution in [0.2, 0.25) is 0 Å². The standard InChI is InChI=1S/C17H24N2O3/c20-17(18-14-2-1-3-14)15-8-13-4-6-19(10-16(13)22-15)9-12-5-7-21-11-12/h5,7,11,13-16H,1-4,6,8-10H2,(H,18,20)/t13-,15+,16+/m1/s1. The monoisotopic (exact) mass is 304 g/mol. The molecule has 0 spiro atoms. The van der Waals surface area contributed by atoms with Gasteiger partial charge in [-0.05, 0) is 50.6 Å². The predicted molar refractivity (Wildman–Crippen MR) is 81.2 cm³/mol. The SMILES string of the molecule is O=C(NC1CCC1)[C@@H]1C[C@H]2CCN(Cc3ccoc3)C[C@@H]2O1. The van der Waals surface area contributed by atoms with Gasteiger partial charge in [0.15, 0.2) is 0 Å². The molecule has 0 bridgehead atoms. The third kappa shape index (κ3) is 2.92. The lowest BCUT2D eigenvalue weighted by molar-refractivity contribution is -0.134. The van der Waals surface area contributed by atoms with Crippen LogP contribution in [0.1, 0.15) is 37.7 Å². The van der Waals surface area contributed by atoms with E-state index >= 15 is 0 Å². The minimum absolute atomic E-state index is 0.112. The number of nitrogens with zero attached hydrogens (tertiary/aromatic N) is 1. The molecule has 1 amide bonds. The maximum Gasteiger partial charge on any atom is 0.249 e. The summed E-state index contributed by atoms with van der Waals surface area (Å²) in [5, 5.41) is 3.13. The van der Waals surface area contributed by atoms with E-state index in [-0.39, 0.29) is 18.1 Å². The summed E-state index contributed by atoms with van der Waals surface area (Å²) < 4.78 is 11.2. The van der Waals surface area contributed by atoms with E-state index in [1.165, 1.54) is 12.0 Å². The number of nitrogens with one attached hydrogen (secondary N) is 1. The Bertz CT molecular complexity index is 512. The second kappa shape index (κ2) is 6.05. The number of carbonyl (C=O) groups excluding carboxylic acids is 1. The molecule has 1 aliphatic carbocycles. The average Bonchev–Trinajstić information content (AvgIpc) is 3.11. The normalized spacial score (nSPS) is 32.5. The van der Waals surface area contributed by atoms with Crippen LogP contribution in [-0.2, 0) is 16.1 Å². The van der Waals surface area contributed by atoms with Crippen molar-refractivity contribution in [3.63, 3.8) is 0 Å². The first kappa shape index (κ1) is 14.3. The van der Waals surface area contributed by atoms with Crippen LogP contribution in [0, 0.1) is 5.92 Å². The molecule has 5 nitrogen and oxygen atoms in total. The number of carbonyl (C=O) groups is 1. The van der Waals surface area contributed by atoms with E-state index < -0.39 is 0 Å². The van der Waals surface area contributed by atoms with Crippen molar-refractivity contribution in [2.75, 3.05) is 13.1 Å². The summed E-state index contributed by atoms with van der Waals surface area (Å²) in [7, 11) is 0. The molecular formula is C17H24N2O3. The highest BCUT2D eigenvalue weighted by Crippen LogP contribution is 2.34. The third-order valence-corrected chi connectivity index (χ3v) is 5.37. The molecule has 1 aromatic rings. The van der Waals surface area contributed by atoms with Crippen molar-refractivity contribution in [3.05, 3.63) is 24.2 Å². The topological polar surface area (TPSA) is 54.7 Å². The van der Waals surface area contributed by atoms with Gasteiger partial charge in [0, 0.05) is 24.7 Å². The van der Waals surface area contributed by atoms with Gasteiger partial charge in [-0.1, -0.05) is 0 Å². The van der Waals surface area contributed by atoms with Crippen LogP contribution < -0.4 is 5.32 Å². The molecule has 3 fully saturated rings. The molecule has 2 aliphatic heterocycles. The van der Waals surface area contributed by atoms with Gasteiger partial charge in [0.2, 0.25) is 5.91 Å². The van der Waals surface area contributed by atoms with Gasteiger partial charge < -0.3 is 14.5 Å². The predicted octanol–water partition coefficient (Wildman–Crippen LogP) is 1.93. The lowest BCUT2D eigenvalue weighted by Gasteiger charge is -2.33. The fourth-order valence-electron chi connectivity index (χ4n) is 3.79. The molecule has 1 N–H and O–H groups in total. The first-order valence-electron chi connectivity index (χ1n) is 8.47. The van der Waals surface area contributed by atoms with Crippen molar-refractivity contribution in [1.29, 1.82) is 0 Å². The van der Waals surface area contributed by atoms with Gasteiger partial charge in [-0.15, -0.1) is 0 Å². The largest absolute Gasteiger partial charge is 0.472 e. The smallest absolute Gasteiger partial charge is 0.249 e. The summed E-state index contributed by atoms with van der Waals surface area (Å²) in [6.07, 6.45) is 9.00. The summed E-state index contributed by atoms with van der Waals surface area (Å²) in [5.74, 6) is 0.651. The van der Waals surface area contributed by atoms with Crippen LogP contribution in [0.5, 0.6) is 0 Å². The first-order chi connectivity index (χ1) is 10.8. The van der Waals surface area contributed by atoms with Crippen molar-refractivity contribution >= 4 is 5.91 Å². The maximum absolute atomic E-state index is 12.3. The van der Waals surface area contributed by atoms with Gasteiger partial charge in [-0.25, -0.2) is 0 Å². The molecule has 0 unspecified atom stereocenters. The number of piperidine rings is 1. The minimum Gasteiger partial charge on any atom is -0.472 e. The average molecular weight is 304 g/mol. The van der Waals surface area contributed by atoms with Crippen LogP contribution in [0.3, 0.4) is 0 Å². The van der Waals surface area contributed by atoms with E-state index in [9.17, 15) is 4.79 Å². The Balaban J connectivity index is 1.30. The van der Waals surface area contributed by atoms with Crippen molar-refractivity contribution in [3.8, 4) is 0 Å². The molecule has 4 rings (SSSR count). The lowest BCUT2D eigenvalue weighted by atomic mass is 9.90. The van der Waals surface area contributed by atoms with Crippen molar-refractivity contribution in [2.24, 2.45) is 5.92 Å². The lowest BCUT2D eigenvalue weighted by Crippen LogP contribution is -2.45. The molecule has 22 heavy (non-hydrogen) atoms. The van der Waals surface area contributed by atoms with E-state index in [1.54, 1.807) is 12.5 Å². The first-order valence-corrected chi connectivity index (χ1v) is 8.47. The number of hydrogen-bond donors (Lipinski definition) is 1. The maximum atomic E-state index is 12.3. The van der Waals surface area contributed by atoms with Gasteiger partial charge in [0.05, 0.1) is 18.6 Å². The second-order valence-corrected chi connectivity index (χ2v) is 6.95. The Hall–Kier alpha value is -1.33. The molecule has 1 saturated carbocycles. The van der Waals surface area contributed by atoms with Crippen molar-refractivity contribution in [2.45, 2.75) is 56.9 Å². The molecule has 3 aliphatic rings. The van der Waals surface area contributed by atoms with Crippen LogP contribution in [-0.4, -0.2) is 42.1 Å². The van der Waals surface area contributed by atoms with Crippen LogP contribution in [0.25, 0.3) is 0 Å². The number of likely N-dealkylation sites (tertiary alicyclic amines) is 1. The highest BCUT2D eigenvalue weighted by Gasteiger charge is 2.42. The second-order valence-electron chi connectivity index (χ2n) is 6.95. The van der Waals surface area contributed by atoms with Crippen LogP contribution in [0.15, 0.2) is 23.0 Å². The molecule has 0 aromatic carbocycles. The van der Waals surface area contributed by atoms with E-state index in [0.717, 1.165) is 45.3 Å². The fourth-order valence-corrected chi connectivity index (χ4v) is 3.79. The molecular weight excluding hydrogens is 280 g/mol. The fraction of sp³-hybridized carbons (Fsp3) is 0.706. The molecule has 3 atom stereocenters. The zero-order valence-electron chi connectivity index (χ0n) is 12.9. The van der Waals surface area contributed by atoms with Crippen molar-refractivity contribution in [1.82, 2.24) is 10.2 Å². The van der Waals surface area contributed by atoms with Gasteiger partial charge in [-0.3, -0.25) is 9.69 Å². The summed E-state index contributed by atoms with van der Waals surface area (Å²) in [5.41, 5.74) is 1.20. The van der Waals surface area contributed by atoms with Gasteiger partial charge in [0.25, 0.3) is 0 Å². The van der Waals surface area contributed by atoms with Gasteiger partial charge >= 0.3 is 0 Å². The van der Waals surface area contributed by atoms with Crippen LogP contribution in [0.4, 0.5) is 0 Å². The number of ether oxygens (including phenoxy) is 1. The third-order valence-electron chi connectivity index (χ3n) is 5.37. The molecule has 120 valence electrons. The van der Waals surface area contributed by atoms with E-state index in [4.69, 9.17) is 9.15 Å². The van der Waals surface area contributed by atoms with E-state index in [2.05, 4.69) is 10.2 Å². The Morgan fingerprint density at radius 3 is 3.00 bits per heavy atom. The number of furan rings is 1. The number of rotatable bonds is 4. The quantitative estimate of drug-likeness (QED) is 0.923. The zero-order chi connectivity index (χ0) is 14.9. The highest BCUT2D eigenvalue weighted by molar-refractivity contribution is 5.81. The van der Waals surface area contributed by atoms with Gasteiger partial charge in [-0.2, -0.15) is 0 Å². The Labute approximate surface area is 131 Å². The van der Waals surface area contributed by atoms with E-state index in [1.807, 2.05) is 6.07 Å². The van der Waals surface area contributed by atoms with E-state index in [0.29, 0.717) is 12.0 Å². The summed E-state index contributed by atoms with van der Waals surface area (Å²) in [4.78, 5) is 14.7. The number of hydrogen-bond acceptors (Lipinski definition) is 4. The Kier molecular flexibility index (Phi) is 3.92. The highest BCUT2D eigenvalue weighted by atomic mass is 16.5. The molecule has 2 saturated heterocycles. The zero-order valence-corrected chi connectivity index (χ0v) is 12.9. The summed E-state index contributed by atoms with van der Waals surface area (Å²) >= 11 is 0. The Morgan fingerprint density at radius 1 is 1.36 bits per heavy atom. The molecule has 5 heteroatoms. The molecule has 3 heterocycles. The Morgan fingerprint density at radius 2 is 2.27 bits per heavy atom. The summed E-state index contributed by atoms with van der Waals surface area (Å²) in [6, 6.07) is 2.41. The molecule has 0 radical (unpaired) electrons. The number of fused-ring (bicyclic) bond motifs is 1. The van der Waals surface area contributed by atoms with Crippen molar-refractivity contribution < 1.29 is 13.9 Å².